The summed E-state index contributed by atoms with van der Waals surface area (Å²) in [6.07, 6.45) is 0.362. The molecule has 0 heterocycles. The van der Waals surface area contributed by atoms with Crippen molar-refractivity contribution in [3.05, 3.63) is 71.3 Å². The molecule has 2 aromatic rings. The lowest BCUT2D eigenvalue weighted by Crippen LogP contribution is -2.29. The zero-order chi connectivity index (χ0) is 15.2. The third-order valence-electron chi connectivity index (χ3n) is 3.14. The number of carbonyl (C=O) groups is 1. The van der Waals surface area contributed by atoms with E-state index in [0.717, 1.165) is 5.56 Å². The van der Waals surface area contributed by atoms with E-state index in [-0.39, 0.29) is 17.5 Å². The smallest absolute Gasteiger partial charge is 0.251 e. The average molecular weight is 291 g/mol. The molecule has 2 rings (SSSR count). The van der Waals surface area contributed by atoms with Crippen LogP contribution in [-0.2, 0) is 16.1 Å². The quantitative estimate of drug-likeness (QED) is 0.860. The Morgan fingerprint density at radius 2 is 1.57 bits per heavy atom. The molecule has 1 N–H and O–H groups in total. The minimum Gasteiger partial charge on any atom is -0.277 e. The van der Waals surface area contributed by atoms with Crippen LogP contribution < -0.4 is 5.48 Å². The van der Waals surface area contributed by atoms with Crippen molar-refractivity contribution in [2.24, 2.45) is 0 Å². The second-order valence-electron chi connectivity index (χ2n) is 4.61. The van der Waals surface area contributed by atoms with Crippen molar-refractivity contribution < 1.29 is 18.4 Å². The van der Waals surface area contributed by atoms with E-state index in [9.17, 15) is 13.6 Å². The summed E-state index contributed by atoms with van der Waals surface area (Å²) in [7, 11) is 1.34. The second-order valence-corrected chi connectivity index (χ2v) is 4.61. The van der Waals surface area contributed by atoms with Crippen LogP contribution in [0.15, 0.2) is 48.5 Å². The number of benzene rings is 2. The number of carbonyl (C=O) groups excluding carboxylic acids is 1. The SMILES string of the molecule is CONC(=O)C(Cc1ccc(F)cc1)c1ccc(F)cc1. The summed E-state index contributed by atoms with van der Waals surface area (Å²) >= 11 is 0. The number of rotatable bonds is 5. The van der Waals surface area contributed by atoms with Crippen LogP contribution >= 0.6 is 0 Å². The lowest BCUT2D eigenvalue weighted by atomic mass is 9.91. The molecule has 3 nitrogen and oxygen atoms in total. The highest BCUT2D eigenvalue weighted by Crippen LogP contribution is 2.22. The molecule has 0 fully saturated rings. The fraction of sp³-hybridized carbons (Fsp3) is 0.188. The maximum Gasteiger partial charge on any atom is 0.251 e. The zero-order valence-electron chi connectivity index (χ0n) is 11.5. The summed E-state index contributed by atoms with van der Waals surface area (Å²) in [5.41, 5.74) is 3.75. The van der Waals surface area contributed by atoms with Crippen molar-refractivity contribution in [1.29, 1.82) is 0 Å². The first-order valence-corrected chi connectivity index (χ1v) is 6.43. The number of nitrogens with one attached hydrogen (secondary N) is 1. The fourth-order valence-electron chi connectivity index (χ4n) is 2.08. The first-order valence-electron chi connectivity index (χ1n) is 6.43. The predicted molar refractivity (Wildman–Crippen MR) is 74.4 cm³/mol. The van der Waals surface area contributed by atoms with E-state index in [2.05, 4.69) is 10.3 Å². The van der Waals surface area contributed by atoms with Gasteiger partial charge in [0.25, 0.3) is 5.91 Å². The summed E-state index contributed by atoms with van der Waals surface area (Å²) in [4.78, 5) is 16.7. The van der Waals surface area contributed by atoms with Gasteiger partial charge < -0.3 is 0 Å². The fourth-order valence-corrected chi connectivity index (χ4v) is 2.08. The molecule has 0 aromatic heterocycles. The van der Waals surface area contributed by atoms with Crippen LogP contribution in [0.5, 0.6) is 0 Å². The number of hydrogen-bond donors (Lipinski definition) is 1. The third kappa shape index (κ3) is 4.10. The van der Waals surface area contributed by atoms with Gasteiger partial charge in [0.05, 0.1) is 13.0 Å². The molecule has 110 valence electrons. The third-order valence-corrected chi connectivity index (χ3v) is 3.14. The Labute approximate surface area is 121 Å². The number of halogens is 2. The highest BCUT2D eigenvalue weighted by molar-refractivity contribution is 5.83. The van der Waals surface area contributed by atoms with Crippen molar-refractivity contribution in [3.63, 3.8) is 0 Å². The van der Waals surface area contributed by atoms with Crippen molar-refractivity contribution in [2.45, 2.75) is 12.3 Å². The first kappa shape index (κ1) is 15.1. The van der Waals surface area contributed by atoms with Gasteiger partial charge in [-0.2, -0.15) is 0 Å². The Bertz CT molecular complexity index is 597. The van der Waals surface area contributed by atoms with Crippen LogP contribution in [0.3, 0.4) is 0 Å². The summed E-state index contributed by atoms with van der Waals surface area (Å²) < 4.78 is 25.9. The van der Waals surface area contributed by atoms with E-state index >= 15 is 0 Å². The molecule has 0 saturated heterocycles. The Morgan fingerprint density at radius 3 is 2.10 bits per heavy atom. The normalized spacial score (nSPS) is 12.0. The first-order chi connectivity index (χ1) is 10.1. The number of hydrogen-bond acceptors (Lipinski definition) is 2. The molecule has 1 atom stereocenters. The van der Waals surface area contributed by atoms with Crippen molar-refractivity contribution in [2.75, 3.05) is 7.11 Å². The maximum absolute atomic E-state index is 13.0. The van der Waals surface area contributed by atoms with Crippen LogP contribution in [0.4, 0.5) is 8.78 Å². The van der Waals surface area contributed by atoms with E-state index in [0.29, 0.717) is 12.0 Å². The van der Waals surface area contributed by atoms with Gasteiger partial charge in [-0.1, -0.05) is 24.3 Å². The molecule has 0 bridgehead atoms. The van der Waals surface area contributed by atoms with Gasteiger partial charge in [0, 0.05) is 0 Å². The molecule has 0 aliphatic rings. The maximum atomic E-state index is 13.0. The Hall–Kier alpha value is -2.27. The monoisotopic (exact) mass is 291 g/mol. The van der Waals surface area contributed by atoms with Crippen LogP contribution in [-0.4, -0.2) is 13.0 Å². The molecule has 2 aromatic carbocycles. The summed E-state index contributed by atoms with van der Waals surface area (Å²) in [6, 6.07) is 11.6. The van der Waals surface area contributed by atoms with Crippen LogP contribution in [0, 0.1) is 11.6 Å². The Kier molecular flexibility index (Phi) is 5.00. The van der Waals surface area contributed by atoms with Crippen molar-refractivity contribution in [1.82, 2.24) is 5.48 Å². The standard InChI is InChI=1S/C16H15F2NO2/c1-21-19-16(20)15(12-4-8-14(18)9-5-12)10-11-2-6-13(17)7-3-11/h2-9,15H,10H2,1H3,(H,19,20). The number of hydroxylamine groups is 1. The topological polar surface area (TPSA) is 38.3 Å². The lowest BCUT2D eigenvalue weighted by Gasteiger charge is -2.16. The molecule has 0 aliphatic heterocycles. The molecule has 1 amide bonds. The number of amides is 1. The van der Waals surface area contributed by atoms with Gasteiger partial charge in [-0.3, -0.25) is 9.63 Å². The molecular formula is C16H15F2NO2. The molecule has 0 spiro atoms. The molecule has 0 aliphatic carbocycles. The zero-order valence-corrected chi connectivity index (χ0v) is 11.5. The van der Waals surface area contributed by atoms with Crippen LogP contribution in [0.2, 0.25) is 0 Å². The lowest BCUT2D eigenvalue weighted by molar-refractivity contribution is -0.132. The van der Waals surface area contributed by atoms with Gasteiger partial charge in [0.2, 0.25) is 0 Å². The van der Waals surface area contributed by atoms with Gasteiger partial charge in [-0.05, 0) is 41.8 Å². The summed E-state index contributed by atoms with van der Waals surface area (Å²) in [6.45, 7) is 0. The van der Waals surface area contributed by atoms with Crippen LogP contribution in [0.1, 0.15) is 17.0 Å². The Morgan fingerprint density at radius 1 is 1.05 bits per heavy atom. The average Bonchev–Trinajstić information content (AvgIpc) is 2.48. The molecule has 5 heteroatoms. The van der Waals surface area contributed by atoms with E-state index in [1.54, 1.807) is 24.3 Å². The minimum atomic E-state index is -0.545. The largest absolute Gasteiger partial charge is 0.277 e. The molecule has 1 unspecified atom stereocenters. The van der Waals surface area contributed by atoms with Gasteiger partial charge in [0.15, 0.2) is 0 Å². The van der Waals surface area contributed by atoms with Crippen molar-refractivity contribution >= 4 is 5.91 Å². The highest BCUT2D eigenvalue weighted by Gasteiger charge is 2.21. The summed E-state index contributed by atoms with van der Waals surface area (Å²) in [5.74, 6) is -1.59. The molecule has 21 heavy (non-hydrogen) atoms. The summed E-state index contributed by atoms with van der Waals surface area (Å²) in [5, 5.41) is 0. The molecule has 0 radical (unpaired) electrons. The van der Waals surface area contributed by atoms with E-state index in [1.165, 1.54) is 31.4 Å². The Balaban J connectivity index is 2.25. The van der Waals surface area contributed by atoms with E-state index in [1.807, 2.05) is 0 Å². The minimum absolute atomic E-state index is 0.335. The highest BCUT2D eigenvalue weighted by atomic mass is 19.1. The van der Waals surface area contributed by atoms with Crippen molar-refractivity contribution in [3.8, 4) is 0 Å². The van der Waals surface area contributed by atoms with Gasteiger partial charge in [-0.15, -0.1) is 0 Å². The van der Waals surface area contributed by atoms with Gasteiger partial charge in [-0.25, -0.2) is 14.3 Å². The van der Waals surface area contributed by atoms with Crippen LogP contribution in [0.25, 0.3) is 0 Å². The van der Waals surface area contributed by atoms with Gasteiger partial charge in [0.1, 0.15) is 11.6 Å². The van der Waals surface area contributed by atoms with Gasteiger partial charge >= 0.3 is 0 Å². The van der Waals surface area contributed by atoms with E-state index < -0.39 is 5.92 Å². The predicted octanol–water partition coefficient (Wildman–Crippen LogP) is 2.97. The second kappa shape index (κ2) is 6.95. The van der Waals surface area contributed by atoms with E-state index in [4.69, 9.17) is 0 Å². The molecular weight excluding hydrogens is 276 g/mol. The molecule has 0 saturated carbocycles.